The highest BCUT2D eigenvalue weighted by molar-refractivity contribution is 6.35. The Balaban J connectivity index is 1.66. The van der Waals surface area contributed by atoms with Crippen molar-refractivity contribution < 1.29 is 4.39 Å². The van der Waals surface area contributed by atoms with E-state index >= 15 is 4.39 Å². The van der Waals surface area contributed by atoms with E-state index in [1.54, 1.807) is 12.3 Å². The lowest BCUT2D eigenvalue weighted by molar-refractivity contribution is 0.0564. The van der Waals surface area contributed by atoms with Gasteiger partial charge >= 0.3 is 0 Å². The van der Waals surface area contributed by atoms with Crippen molar-refractivity contribution in [2.24, 2.45) is 0 Å². The van der Waals surface area contributed by atoms with Crippen LogP contribution in [0.5, 0.6) is 0 Å². The molecule has 0 bridgehead atoms. The van der Waals surface area contributed by atoms with E-state index < -0.39 is 5.67 Å². The Morgan fingerprint density at radius 1 is 1.25 bits per heavy atom. The summed E-state index contributed by atoms with van der Waals surface area (Å²) in [6.45, 7) is 1.42. The van der Waals surface area contributed by atoms with Crippen molar-refractivity contribution in [3.8, 4) is 11.3 Å². The van der Waals surface area contributed by atoms with E-state index in [4.69, 9.17) is 11.6 Å². The number of rotatable bonds is 2. The second-order valence-corrected chi connectivity index (χ2v) is 7.03. The number of piperidine rings is 1. The van der Waals surface area contributed by atoms with Crippen molar-refractivity contribution >= 4 is 22.6 Å². The molecule has 1 fully saturated rings. The zero-order valence-electron chi connectivity index (χ0n) is 13.5. The van der Waals surface area contributed by atoms with Gasteiger partial charge in [0.05, 0.1) is 5.02 Å². The number of likely N-dealkylation sites (tertiary alicyclic amines) is 1. The van der Waals surface area contributed by atoms with E-state index in [1.807, 2.05) is 37.4 Å². The van der Waals surface area contributed by atoms with Crippen LogP contribution in [0.4, 0.5) is 4.39 Å². The molecule has 1 atom stereocenters. The zero-order valence-corrected chi connectivity index (χ0v) is 14.3. The molecule has 0 aliphatic carbocycles. The van der Waals surface area contributed by atoms with Gasteiger partial charge < -0.3 is 9.88 Å². The Bertz CT molecular complexity index is 874. The number of aromatic amines is 1. The van der Waals surface area contributed by atoms with Gasteiger partial charge in [0.15, 0.2) is 0 Å². The fraction of sp³-hybridized carbons (Fsp3) is 0.316. The number of alkyl halides is 1. The quantitative estimate of drug-likeness (QED) is 0.726. The highest BCUT2D eigenvalue weighted by Gasteiger charge is 2.35. The summed E-state index contributed by atoms with van der Waals surface area (Å²) in [4.78, 5) is 9.62. The van der Waals surface area contributed by atoms with Crippen molar-refractivity contribution in [2.75, 3.05) is 20.1 Å². The third-order valence-corrected chi connectivity index (χ3v) is 5.15. The van der Waals surface area contributed by atoms with Gasteiger partial charge in [-0.25, -0.2) is 9.37 Å². The normalized spacial score (nSPS) is 22.1. The van der Waals surface area contributed by atoms with E-state index in [-0.39, 0.29) is 0 Å². The van der Waals surface area contributed by atoms with Crippen molar-refractivity contribution in [3.05, 3.63) is 53.2 Å². The summed E-state index contributed by atoms with van der Waals surface area (Å²) in [6, 6.07) is 11.5. The molecule has 3 nitrogen and oxygen atoms in total. The standard InChI is InChI=1S/C19H19ClFN3/c1-24-10-2-8-19(21,12-24)14-5-3-13(4-6-14)17-11-15-16(20)7-9-22-18(15)23-17/h3-7,9,11H,2,8,10,12H2,1H3,(H,22,23). The Labute approximate surface area is 145 Å². The summed E-state index contributed by atoms with van der Waals surface area (Å²) < 4.78 is 15.2. The molecule has 1 aliphatic rings. The number of hydrogen-bond donors (Lipinski definition) is 1. The van der Waals surface area contributed by atoms with Gasteiger partial charge in [0, 0.05) is 23.8 Å². The van der Waals surface area contributed by atoms with Gasteiger partial charge in [-0.3, -0.25) is 0 Å². The molecule has 0 spiro atoms. The summed E-state index contributed by atoms with van der Waals surface area (Å²) in [5.41, 5.74) is 2.20. The Morgan fingerprint density at radius 2 is 2.04 bits per heavy atom. The number of benzene rings is 1. The van der Waals surface area contributed by atoms with E-state index in [2.05, 4.69) is 14.9 Å². The number of likely N-dealkylation sites (N-methyl/N-ethyl adjacent to an activating group) is 1. The molecule has 1 unspecified atom stereocenters. The van der Waals surface area contributed by atoms with Crippen LogP contribution in [0, 0.1) is 0 Å². The van der Waals surface area contributed by atoms with Gasteiger partial charge in [0.25, 0.3) is 0 Å². The first-order valence-electron chi connectivity index (χ1n) is 8.17. The van der Waals surface area contributed by atoms with Crippen LogP contribution in [-0.4, -0.2) is 35.0 Å². The average molecular weight is 344 g/mol. The van der Waals surface area contributed by atoms with Crippen molar-refractivity contribution in [2.45, 2.75) is 18.5 Å². The van der Waals surface area contributed by atoms with E-state index in [0.717, 1.165) is 40.8 Å². The first-order valence-corrected chi connectivity index (χ1v) is 8.55. The molecule has 124 valence electrons. The summed E-state index contributed by atoms with van der Waals surface area (Å²) in [5, 5.41) is 1.57. The summed E-state index contributed by atoms with van der Waals surface area (Å²) in [6.07, 6.45) is 3.16. The van der Waals surface area contributed by atoms with Gasteiger partial charge in [-0.05, 0) is 49.7 Å². The van der Waals surface area contributed by atoms with Crippen LogP contribution < -0.4 is 0 Å². The minimum absolute atomic E-state index is 0.457. The van der Waals surface area contributed by atoms with Crippen LogP contribution in [-0.2, 0) is 5.67 Å². The molecular formula is C19H19ClFN3. The number of nitrogens with one attached hydrogen (secondary N) is 1. The minimum atomic E-state index is -1.25. The number of pyridine rings is 1. The third-order valence-electron chi connectivity index (χ3n) is 4.83. The predicted molar refractivity (Wildman–Crippen MR) is 96.1 cm³/mol. The molecule has 1 aromatic carbocycles. The molecule has 0 radical (unpaired) electrons. The largest absolute Gasteiger partial charge is 0.339 e. The van der Waals surface area contributed by atoms with Crippen molar-refractivity contribution in [1.29, 1.82) is 0 Å². The van der Waals surface area contributed by atoms with Crippen molar-refractivity contribution in [3.63, 3.8) is 0 Å². The second-order valence-electron chi connectivity index (χ2n) is 6.62. The van der Waals surface area contributed by atoms with Gasteiger partial charge in [0.2, 0.25) is 0 Å². The maximum Gasteiger partial charge on any atom is 0.148 e. The first kappa shape index (κ1) is 15.6. The molecule has 4 rings (SSSR count). The highest BCUT2D eigenvalue weighted by Crippen LogP contribution is 2.36. The van der Waals surface area contributed by atoms with E-state index in [9.17, 15) is 0 Å². The Morgan fingerprint density at radius 3 is 2.75 bits per heavy atom. The number of fused-ring (bicyclic) bond motifs is 1. The third kappa shape index (κ3) is 2.70. The molecule has 1 saturated heterocycles. The first-order chi connectivity index (χ1) is 11.5. The van der Waals surface area contributed by atoms with Gasteiger partial charge in [-0.2, -0.15) is 0 Å². The number of aromatic nitrogens is 2. The maximum atomic E-state index is 15.2. The number of H-pyrrole nitrogens is 1. The van der Waals surface area contributed by atoms with Gasteiger partial charge in [-0.1, -0.05) is 35.9 Å². The molecule has 1 aliphatic heterocycles. The maximum absolute atomic E-state index is 15.2. The van der Waals surface area contributed by atoms with Crippen LogP contribution >= 0.6 is 11.6 Å². The zero-order chi connectivity index (χ0) is 16.7. The van der Waals surface area contributed by atoms with Crippen LogP contribution in [0.15, 0.2) is 42.6 Å². The lowest BCUT2D eigenvalue weighted by Crippen LogP contribution is -2.41. The fourth-order valence-corrected chi connectivity index (χ4v) is 3.75. The van der Waals surface area contributed by atoms with E-state index in [1.165, 1.54) is 0 Å². The molecule has 1 N–H and O–H groups in total. The predicted octanol–water partition coefficient (Wildman–Crippen LogP) is 4.77. The topological polar surface area (TPSA) is 31.9 Å². The van der Waals surface area contributed by atoms with Crippen LogP contribution in [0.3, 0.4) is 0 Å². The number of halogens is 2. The van der Waals surface area contributed by atoms with Crippen LogP contribution in [0.2, 0.25) is 5.02 Å². The lowest BCUT2D eigenvalue weighted by atomic mass is 9.87. The summed E-state index contributed by atoms with van der Waals surface area (Å²) >= 11 is 6.20. The smallest absolute Gasteiger partial charge is 0.148 e. The molecule has 24 heavy (non-hydrogen) atoms. The Hall–Kier alpha value is -1.91. The second kappa shape index (κ2) is 5.87. The number of nitrogens with zero attached hydrogens (tertiary/aromatic N) is 2. The van der Waals surface area contributed by atoms with Gasteiger partial charge in [-0.15, -0.1) is 0 Å². The van der Waals surface area contributed by atoms with Crippen LogP contribution in [0.1, 0.15) is 18.4 Å². The summed E-state index contributed by atoms with van der Waals surface area (Å²) in [7, 11) is 1.98. The number of hydrogen-bond acceptors (Lipinski definition) is 2. The van der Waals surface area contributed by atoms with E-state index in [0.29, 0.717) is 18.0 Å². The highest BCUT2D eigenvalue weighted by atomic mass is 35.5. The minimum Gasteiger partial charge on any atom is -0.339 e. The van der Waals surface area contributed by atoms with Crippen molar-refractivity contribution in [1.82, 2.24) is 14.9 Å². The lowest BCUT2D eigenvalue weighted by Gasteiger charge is -2.35. The molecule has 5 heteroatoms. The Kier molecular flexibility index (Phi) is 3.82. The monoisotopic (exact) mass is 343 g/mol. The molecule has 3 heterocycles. The molecule has 0 saturated carbocycles. The average Bonchev–Trinajstić information content (AvgIpc) is 3.00. The SMILES string of the molecule is CN1CCCC(F)(c2ccc(-c3cc4c(Cl)ccnc4[nH]3)cc2)C1. The van der Waals surface area contributed by atoms with Crippen LogP contribution in [0.25, 0.3) is 22.3 Å². The fourth-order valence-electron chi connectivity index (χ4n) is 3.55. The molecule has 3 aromatic rings. The molecule has 0 amide bonds. The molecular weight excluding hydrogens is 325 g/mol. The molecule has 2 aromatic heterocycles. The van der Waals surface area contributed by atoms with Gasteiger partial charge in [0.1, 0.15) is 11.3 Å². The summed E-state index contributed by atoms with van der Waals surface area (Å²) in [5.74, 6) is 0.